The molecule has 2 heterocycles. The van der Waals surface area contributed by atoms with E-state index in [1.165, 1.54) is 0 Å². The summed E-state index contributed by atoms with van der Waals surface area (Å²) in [6, 6.07) is 13.6. The van der Waals surface area contributed by atoms with Crippen molar-refractivity contribution in [1.82, 2.24) is 4.90 Å². The lowest BCUT2D eigenvalue weighted by atomic mass is 9.81. The van der Waals surface area contributed by atoms with Gasteiger partial charge in [-0.3, -0.25) is 0 Å². The minimum Gasteiger partial charge on any atom is -0.497 e. The Hall–Kier alpha value is -2.08. The number of rotatable bonds is 4. The van der Waals surface area contributed by atoms with Crippen LogP contribution in [0.15, 0.2) is 42.5 Å². The van der Waals surface area contributed by atoms with Gasteiger partial charge in [-0.05, 0) is 49.6 Å². The molecule has 2 aromatic rings. The molecular weight excluding hydrogens is 354 g/mol. The van der Waals surface area contributed by atoms with Gasteiger partial charge in [-0.25, -0.2) is 0 Å². The average Bonchev–Trinajstić information content (AvgIpc) is 2.70. The lowest BCUT2D eigenvalue weighted by Gasteiger charge is -2.46. The highest BCUT2D eigenvalue weighted by Gasteiger charge is 2.43. The van der Waals surface area contributed by atoms with Crippen LogP contribution in [0.5, 0.6) is 11.5 Å². The smallest absolute Gasteiger partial charge is 0.125 e. The van der Waals surface area contributed by atoms with E-state index in [0.717, 1.165) is 54.1 Å². The van der Waals surface area contributed by atoms with E-state index in [4.69, 9.17) is 9.47 Å². The largest absolute Gasteiger partial charge is 0.497 e. The van der Waals surface area contributed by atoms with Crippen LogP contribution in [-0.2, 0) is 0 Å². The van der Waals surface area contributed by atoms with Gasteiger partial charge in [-0.2, -0.15) is 0 Å². The lowest BCUT2D eigenvalue weighted by molar-refractivity contribution is -0.0588. The first kappa shape index (κ1) is 19.2. The summed E-state index contributed by atoms with van der Waals surface area (Å²) >= 11 is 0. The Labute approximate surface area is 166 Å². The first-order chi connectivity index (χ1) is 13.5. The summed E-state index contributed by atoms with van der Waals surface area (Å²) < 4.78 is 11.6. The van der Waals surface area contributed by atoms with Crippen molar-refractivity contribution in [3.05, 3.63) is 59.2 Å². The Morgan fingerprint density at radius 1 is 1.21 bits per heavy atom. The monoisotopic (exact) mass is 383 g/mol. The molecule has 2 atom stereocenters. The second kappa shape index (κ2) is 7.74. The SMILES string of the molecule is COc1cccc([C@H](O)CN2CCC3(CC2)C[C@@H](O)c2cc(C)ccc2O3)c1. The maximum atomic E-state index is 10.7. The Balaban J connectivity index is 1.38. The quantitative estimate of drug-likeness (QED) is 0.847. The van der Waals surface area contributed by atoms with Gasteiger partial charge in [0, 0.05) is 31.6 Å². The molecule has 0 saturated carbocycles. The summed E-state index contributed by atoms with van der Waals surface area (Å²) in [5.41, 5.74) is 2.60. The van der Waals surface area contributed by atoms with Gasteiger partial charge in [-0.15, -0.1) is 0 Å². The maximum absolute atomic E-state index is 10.7. The molecule has 0 aromatic heterocycles. The summed E-state index contributed by atoms with van der Waals surface area (Å²) in [6.07, 6.45) is 1.31. The molecule has 150 valence electrons. The van der Waals surface area contributed by atoms with E-state index in [1.807, 2.05) is 49.4 Å². The minimum atomic E-state index is -0.550. The molecule has 0 radical (unpaired) electrons. The van der Waals surface area contributed by atoms with E-state index >= 15 is 0 Å². The summed E-state index contributed by atoms with van der Waals surface area (Å²) in [4.78, 5) is 2.27. The second-order valence-corrected chi connectivity index (χ2v) is 8.14. The minimum absolute atomic E-state index is 0.306. The predicted octanol–water partition coefficient (Wildman–Crippen LogP) is 3.39. The van der Waals surface area contributed by atoms with E-state index in [-0.39, 0.29) is 5.60 Å². The molecule has 1 fully saturated rings. The second-order valence-electron chi connectivity index (χ2n) is 8.14. The number of aliphatic hydroxyl groups excluding tert-OH is 2. The first-order valence-corrected chi connectivity index (χ1v) is 10.00. The van der Waals surface area contributed by atoms with Crippen LogP contribution < -0.4 is 9.47 Å². The highest BCUT2D eigenvalue weighted by atomic mass is 16.5. The van der Waals surface area contributed by atoms with Gasteiger partial charge in [0.2, 0.25) is 0 Å². The molecule has 0 bridgehead atoms. The zero-order valence-corrected chi connectivity index (χ0v) is 16.6. The van der Waals surface area contributed by atoms with Gasteiger partial charge >= 0.3 is 0 Å². The van der Waals surface area contributed by atoms with Crippen LogP contribution in [0, 0.1) is 6.92 Å². The molecule has 1 saturated heterocycles. The van der Waals surface area contributed by atoms with Crippen molar-refractivity contribution in [3.63, 3.8) is 0 Å². The van der Waals surface area contributed by atoms with Crippen molar-refractivity contribution >= 4 is 0 Å². The van der Waals surface area contributed by atoms with Gasteiger partial charge in [-0.1, -0.05) is 23.8 Å². The van der Waals surface area contributed by atoms with Gasteiger partial charge < -0.3 is 24.6 Å². The molecule has 2 N–H and O–H groups in total. The number of piperidine rings is 1. The van der Waals surface area contributed by atoms with E-state index in [1.54, 1.807) is 7.11 Å². The third-order valence-electron chi connectivity index (χ3n) is 6.09. The van der Waals surface area contributed by atoms with E-state index in [2.05, 4.69) is 4.90 Å². The zero-order valence-electron chi connectivity index (χ0n) is 16.6. The molecule has 5 nitrogen and oxygen atoms in total. The molecule has 28 heavy (non-hydrogen) atoms. The number of aliphatic hydroxyl groups is 2. The fraction of sp³-hybridized carbons (Fsp3) is 0.478. The number of benzene rings is 2. The number of methoxy groups -OCH3 is 1. The molecular formula is C23H29NO4. The third kappa shape index (κ3) is 3.88. The summed E-state index contributed by atoms with van der Waals surface area (Å²) in [5.74, 6) is 1.57. The fourth-order valence-electron chi connectivity index (χ4n) is 4.41. The van der Waals surface area contributed by atoms with Crippen LogP contribution in [-0.4, -0.2) is 47.5 Å². The molecule has 2 aliphatic rings. The highest BCUT2D eigenvalue weighted by molar-refractivity contribution is 5.41. The van der Waals surface area contributed by atoms with Crippen LogP contribution in [0.2, 0.25) is 0 Å². The van der Waals surface area contributed by atoms with E-state index < -0.39 is 12.2 Å². The zero-order chi connectivity index (χ0) is 19.7. The van der Waals surface area contributed by atoms with E-state index in [9.17, 15) is 10.2 Å². The number of hydrogen-bond acceptors (Lipinski definition) is 5. The van der Waals surface area contributed by atoms with Crippen molar-refractivity contribution in [2.75, 3.05) is 26.7 Å². The van der Waals surface area contributed by atoms with Crippen molar-refractivity contribution in [1.29, 1.82) is 0 Å². The van der Waals surface area contributed by atoms with E-state index in [0.29, 0.717) is 13.0 Å². The van der Waals surface area contributed by atoms with Crippen LogP contribution in [0.25, 0.3) is 0 Å². The number of likely N-dealkylation sites (tertiary alicyclic amines) is 1. The normalized spacial score (nSPS) is 22.4. The lowest BCUT2D eigenvalue weighted by Crippen LogP contribution is -2.51. The topological polar surface area (TPSA) is 62.2 Å². The summed E-state index contributed by atoms with van der Waals surface area (Å²) in [5, 5.41) is 21.3. The number of ether oxygens (including phenoxy) is 2. The van der Waals surface area contributed by atoms with Gasteiger partial charge in [0.05, 0.1) is 19.3 Å². The first-order valence-electron chi connectivity index (χ1n) is 10.00. The predicted molar refractivity (Wildman–Crippen MR) is 108 cm³/mol. The van der Waals surface area contributed by atoms with Crippen LogP contribution in [0.3, 0.4) is 0 Å². The summed E-state index contributed by atoms with van der Waals surface area (Å²) in [6.45, 7) is 4.30. The fourth-order valence-corrected chi connectivity index (χ4v) is 4.41. The number of hydrogen-bond donors (Lipinski definition) is 2. The standard InChI is InChI=1S/C23H29NO4/c1-16-6-7-22-19(12-16)20(25)14-23(28-22)8-10-24(11-9-23)15-21(26)17-4-3-5-18(13-17)27-2/h3-7,12-13,20-21,25-26H,8-11,14-15H2,1-2H3/t20-,21-/m1/s1. The number of nitrogens with zero attached hydrogens (tertiary/aromatic N) is 1. The Bertz CT molecular complexity index is 829. The third-order valence-corrected chi connectivity index (χ3v) is 6.09. The van der Waals surface area contributed by atoms with Crippen molar-refractivity contribution in [3.8, 4) is 11.5 Å². The van der Waals surface area contributed by atoms with Crippen LogP contribution >= 0.6 is 0 Å². The highest BCUT2D eigenvalue weighted by Crippen LogP contribution is 2.44. The molecule has 0 unspecified atom stereocenters. The molecule has 1 spiro atoms. The number of aryl methyl sites for hydroxylation is 1. The van der Waals surface area contributed by atoms with Gasteiger partial charge in [0.25, 0.3) is 0 Å². The Morgan fingerprint density at radius 2 is 2.00 bits per heavy atom. The molecule has 0 aliphatic carbocycles. The number of β-amino-alcohol motifs (C(OH)–C–C–N with tert-alkyl or cyclic N) is 1. The van der Waals surface area contributed by atoms with Crippen LogP contribution in [0.4, 0.5) is 0 Å². The number of fused-ring (bicyclic) bond motifs is 1. The van der Waals surface area contributed by atoms with Crippen molar-refractivity contribution in [2.45, 2.75) is 44.0 Å². The van der Waals surface area contributed by atoms with Gasteiger partial charge in [0.1, 0.15) is 17.1 Å². The van der Waals surface area contributed by atoms with Crippen LogP contribution in [0.1, 0.15) is 48.2 Å². The maximum Gasteiger partial charge on any atom is 0.125 e. The Kier molecular flexibility index (Phi) is 5.32. The molecule has 2 aromatic carbocycles. The molecule has 2 aliphatic heterocycles. The van der Waals surface area contributed by atoms with Crippen molar-refractivity contribution in [2.24, 2.45) is 0 Å². The summed E-state index contributed by atoms with van der Waals surface area (Å²) in [7, 11) is 1.63. The van der Waals surface area contributed by atoms with Gasteiger partial charge in [0.15, 0.2) is 0 Å². The molecule has 4 rings (SSSR count). The molecule has 5 heteroatoms. The average molecular weight is 383 g/mol. The molecule has 0 amide bonds. The Morgan fingerprint density at radius 3 is 2.75 bits per heavy atom. The van der Waals surface area contributed by atoms with Crippen molar-refractivity contribution < 1.29 is 19.7 Å².